The van der Waals surface area contributed by atoms with Gasteiger partial charge in [0.05, 0.1) is 7.11 Å². The summed E-state index contributed by atoms with van der Waals surface area (Å²) >= 11 is 0. The molecule has 0 fully saturated rings. The van der Waals surface area contributed by atoms with Crippen molar-refractivity contribution in [3.63, 3.8) is 0 Å². The number of carbonyl (C=O) groups excluding carboxylic acids is 1. The molecule has 0 aliphatic carbocycles. The van der Waals surface area contributed by atoms with Crippen LogP contribution in [0, 0.1) is 0 Å². The van der Waals surface area contributed by atoms with Crippen LogP contribution in [0.1, 0.15) is 5.56 Å². The predicted molar refractivity (Wildman–Crippen MR) is 55.0 cm³/mol. The van der Waals surface area contributed by atoms with Crippen molar-refractivity contribution in [3.05, 3.63) is 35.9 Å². The van der Waals surface area contributed by atoms with Crippen LogP contribution >= 0.6 is 0 Å². The zero-order valence-electron chi connectivity index (χ0n) is 8.49. The standard InChI is InChI=1S/C11H15NO2/c1-12-10(11(13)14-2)8-9-6-4-3-5-7-9/h3-7,10,12H,8H2,1-2H3/t10-/m1/s1. The minimum atomic E-state index is -0.262. The van der Waals surface area contributed by atoms with Crippen LogP contribution in [0.2, 0.25) is 0 Å². The van der Waals surface area contributed by atoms with E-state index in [9.17, 15) is 4.79 Å². The molecule has 0 saturated carbocycles. The topological polar surface area (TPSA) is 38.3 Å². The maximum absolute atomic E-state index is 11.3. The molecule has 1 N–H and O–H groups in total. The highest BCUT2D eigenvalue weighted by atomic mass is 16.5. The first-order chi connectivity index (χ1) is 6.77. The Balaban J connectivity index is 2.62. The van der Waals surface area contributed by atoms with Crippen molar-refractivity contribution in [2.75, 3.05) is 14.2 Å². The minimum absolute atomic E-state index is 0.226. The van der Waals surface area contributed by atoms with Crippen molar-refractivity contribution < 1.29 is 9.53 Å². The SMILES string of the molecule is CN[C@H](Cc1ccccc1)C(=O)OC. The second kappa shape index (κ2) is 5.40. The van der Waals surface area contributed by atoms with Gasteiger partial charge in [-0.05, 0) is 19.0 Å². The van der Waals surface area contributed by atoms with Crippen LogP contribution in [-0.2, 0) is 16.0 Å². The summed E-state index contributed by atoms with van der Waals surface area (Å²) in [5.41, 5.74) is 1.12. The monoisotopic (exact) mass is 193 g/mol. The first kappa shape index (κ1) is 10.7. The molecule has 0 heterocycles. The molecule has 0 unspecified atom stereocenters. The Morgan fingerprint density at radius 2 is 2.07 bits per heavy atom. The summed E-state index contributed by atoms with van der Waals surface area (Å²) in [6.45, 7) is 0. The number of hydrogen-bond donors (Lipinski definition) is 1. The number of nitrogens with one attached hydrogen (secondary N) is 1. The number of methoxy groups -OCH3 is 1. The van der Waals surface area contributed by atoms with Gasteiger partial charge in [-0.2, -0.15) is 0 Å². The molecule has 0 amide bonds. The molecule has 3 nitrogen and oxygen atoms in total. The molecular weight excluding hydrogens is 178 g/mol. The average molecular weight is 193 g/mol. The van der Waals surface area contributed by atoms with Gasteiger partial charge in [-0.25, -0.2) is 0 Å². The highest BCUT2D eigenvalue weighted by molar-refractivity contribution is 5.76. The average Bonchev–Trinajstić information content (AvgIpc) is 2.26. The van der Waals surface area contributed by atoms with Crippen LogP contribution in [0.5, 0.6) is 0 Å². The number of likely N-dealkylation sites (N-methyl/N-ethyl adjacent to an activating group) is 1. The van der Waals surface area contributed by atoms with Gasteiger partial charge in [0.1, 0.15) is 6.04 Å². The lowest BCUT2D eigenvalue weighted by Crippen LogP contribution is -2.36. The summed E-state index contributed by atoms with van der Waals surface area (Å²) in [6, 6.07) is 9.59. The Morgan fingerprint density at radius 3 is 2.57 bits per heavy atom. The van der Waals surface area contributed by atoms with E-state index in [-0.39, 0.29) is 12.0 Å². The van der Waals surface area contributed by atoms with Gasteiger partial charge in [-0.1, -0.05) is 30.3 Å². The Morgan fingerprint density at radius 1 is 1.43 bits per heavy atom. The van der Waals surface area contributed by atoms with E-state index in [0.717, 1.165) is 5.56 Å². The summed E-state index contributed by atoms with van der Waals surface area (Å²) < 4.78 is 4.67. The first-order valence-corrected chi connectivity index (χ1v) is 4.57. The summed E-state index contributed by atoms with van der Waals surface area (Å²) in [6.07, 6.45) is 0.657. The molecule has 0 aliphatic heterocycles. The third-order valence-electron chi connectivity index (χ3n) is 2.12. The van der Waals surface area contributed by atoms with E-state index in [4.69, 9.17) is 0 Å². The van der Waals surface area contributed by atoms with Gasteiger partial charge < -0.3 is 10.1 Å². The van der Waals surface area contributed by atoms with Crippen molar-refractivity contribution >= 4 is 5.97 Å². The highest BCUT2D eigenvalue weighted by Crippen LogP contribution is 2.03. The molecule has 0 radical (unpaired) electrons. The van der Waals surface area contributed by atoms with Crippen molar-refractivity contribution in [1.29, 1.82) is 0 Å². The van der Waals surface area contributed by atoms with Crippen LogP contribution in [0.3, 0.4) is 0 Å². The number of hydrogen-bond acceptors (Lipinski definition) is 3. The smallest absolute Gasteiger partial charge is 0.323 e. The molecule has 76 valence electrons. The van der Waals surface area contributed by atoms with Gasteiger partial charge >= 0.3 is 5.97 Å². The van der Waals surface area contributed by atoms with Gasteiger partial charge in [-0.15, -0.1) is 0 Å². The Bertz CT molecular complexity index is 285. The highest BCUT2D eigenvalue weighted by Gasteiger charge is 2.16. The van der Waals surface area contributed by atoms with E-state index in [1.165, 1.54) is 7.11 Å². The summed E-state index contributed by atoms with van der Waals surface area (Å²) in [5, 5.41) is 2.93. The number of rotatable bonds is 4. The van der Waals surface area contributed by atoms with E-state index in [0.29, 0.717) is 6.42 Å². The van der Waals surface area contributed by atoms with Crippen LogP contribution < -0.4 is 5.32 Å². The lowest BCUT2D eigenvalue weighted by atomic mass is 10.1. The number of benzene rings is 1. The molecule has 0 spiro atoms. The fraction of sp³-hybridized carbons (Fsp3) is 0.364. The zero-order valence-corrected chi connectivity index (χ0v) is 8.49. The third-order valence-corrected chi connectivity index (χ3v) is 2.12. The van der Waals surface area contributed by atoms with Gasteiger partial charge in [0, 0.05) is 0 Å². The summed E-state index contributed by atoms with van der Waals surface area (Å²) in [5.74, 6) is -0.226. The van der Waals surface area contributed by atoms with Crippen molar-refractivity contribution in [3.8, 4) is 0 Å². The lowest BCUT2D eigenvalue weighted by Gasteiger charge is -2.13. The van der Waals surface area contributed by atoms with E-state index < -0.39 is 0 Å². The van der Waals surface area contributed by atoms with E-state index >= 15 is 0 Å². The maximum atomic E-state index is 11.3. The number of carbonyl (C=O) groups is 1. The number of esters is 1. The van der Waals surface area contributed by atoms with Gasteiger partial charge in [0.15, 0.2) is 0 Å². The van der Waals surface area contributed by atoms with Gasteiger partial charge in [0.25, 0.3) is 0 Å². The molecule has 0 aromatic heterocycles. The normalized spacial score (nSPS) is 12.1. The number of ether oxygens (including phenoxy) is 1. The molecule has 0 aliphatic rings. The first-order valence-electron chi connectivity index (χ1n) is 4.57. The van der Waals surface area contributed by atoms with Crippen LogP contribution in [-0.4, -0.2) is 26.2 Å². The Kier molecular flexibility index (Phi) is 4.13. The molecule has 1 aromatic carbocycles. The van der Waals surface area contributed by atoms with Crippen LogP contribution in [0.4, 0.5) is 0 Å². The Labute approximate surface area is 84.1 Å². The van der Waals surface area contributed by atoms with Crippen molar-refractivity contribution in [1.82, 2.24) is 5.32 Å². The quantitative estimate of drug-likeness (QED) is 0.725. The molecule has 1 aromatic rings. The van der Waals surface area contributed by atoms with Gasteiger partial charge in [-0.3, -0.25) is 4.79 Å². The fourth-order valence-corrected chi connectivity index (χ4v) is 1.30. The molecule has 14 heavy (non-hydrogen) atoms. The predicted octanol–water partition coefficient (Wildman–Crippen LogP) is 0.990. The molecule has 0 saturated heterocycles. The van der Waals surface area contributed by atoms with Crippen LogP contribution in [0.25, 0.3) is 0 Å². The van der Waals surface area contributed by atoms with Crippen LogP contribution in [0.15, 0.2) is 30.3 Å². The lowest BCUT2D eigenvalue weighted by molar-refractivity contribution is -0.142. The van der Waals surface area contributed by atoms with E-state index in [2.05, 4.69) is 10.1 Å². The minimum Gasteiger partial charge on any atom is -0.468 e. The van der Waals surface area contributed by atoms with Gasteiger partial charge in [0.2, 0.25) is 0 Å². The van der Waals surface area contributed by atoms with E-state index in [1.54, 1.807) is 7.05 Å². The molecule has 1 rings (SSSR count). The molecular formula is C11H15NO2. The van der Waals surface area contributed by atoms with Crippen molar-refractivity contribution in [2.24, 2.45) is 0 Å². The zero-order chi connectivity index (χ0) is 10.4. The fourth-order valence-electron chi connectivity index (χ4n) is 1.30. The molecule has 0 bridgehead atoms. The maximum Gasteiger partial charge on any atom is 0.323 e. The molecule has 3 heteroatoms. The summed E-state index contributed by atoms with van der Waals surface area (Å²) in [7, 11) is 3.15. The van der Waals surface area contributed by atoms with E-state index in [1.807, 2.05) is 30.3 Å². The third kappa shape index (κ3) is 2.85. The second-order valence-corrected chi connectivity index (χ2v) is 3.05. The summed E-state index contributed by atoms with van der Waals surface area (Å²) in [4.78, 5) is 11.3. The largest absolute Gasteiger partial charge is 0.468 e. The Hall–Kier alpha value is -1.35. The molecule has 1 atom stereocenters. The second-order valence-electron chi connectivity index (χ2n) is 3.05. The van der Waals surface area contributed by atoms with Crippen molar-refractivity contribution in [2.45, 2.75) is 12.5 Å².